The zero-order valence-corrected chi connectivity index (χ0v) is 12.1. The second-order valence-electron chi connectivity index (χ2n) is 4.35. The van der Waals surface area contributed by atoms with Gasteiger partial charge in [-0.3, -0.25) is 4.68 Å². The van der Waals surface area contributed by atoms with E-state index in [9.17, 15) is 8.78 Å². The van der Waals surface area contributed by atoms with E-state index < -0.39 is 11.6 Å². The molecule has 20 heavy (non-hydrogen) atoms. The number of hydrogen-bond donors (Lipinski definition) is 1. The van der Waals surface area contributed by atoms with Gasteiger partial charge in [-0.2, -0.15) is 5.10 Å². The van der Waals surface area contributed by atoms with Crippen LogP contribution in [0, 0.1) is 11.6 Å². The van der Waals surface area contributed by atoms with Gasteiger partial charge in [0.1, 0.15) is 11.6 Å². The minimum absolute atomic E-state index is 0.114. The van der Waals surface area contributed by atoms with Crippen LogP contribution in [0.1, 0.15) is 25.2 Å². The van der Waals surface area contributed by atoms with Crippen LogP contribution in [0.15, 0.2) is 18.2 Å². The molecule has 0 fully saturated rings. The summed E-state index contributed by atoms with van der Waals surface area (Å²) in [6, 6.07) is 3.30. The highest BCUT2D eigenvalue weighted by molar-refractivity contribution is 6.31. The largest absolute Gasteiger partial charge is 0.377 e. The number of nitrogens with zero attached hydrogens (tertiary/aromatic N) is 2. The molecule has 0 aliphatic heterocycles. The summed E-state index contributed by atoms with van der Waals surface area (Å²) in [6.07, 6.45) is 0.729. The number of aromatic nitrogens is 2. The highest BCUT2D eigenvalue weighted by Crippen LogP contribution is 2.23. The van der Waals surface area contributed by atoms with Crippen molar-refractivity contribution in [1.29, 1.82) is 0 Å². The molecule has 2 rings (SSSR count). The molecule has 1 heterocycles. The van der Waals surface area contributed by atoms with Crippen LogP contribution in [0.25, 0.3) is 0 Å². The fourth-order valence-electron chi connectivity index (χ4n) is 2.00. The second kappa shape index (κ2) is 6.22. The molecule has 0 bridgehead atoms. The molecule has 1 N–H and O–H groups in total. The van der Waals surface area contributed by atoms with E-state index in [1.54, 1.807) is 4.68 Å². The smallest absolute Gasteiger partial charge is 0.146 e. The number of hydrogen-bond acceptors (Lipinski definition) is 2. The highest BCUT2D eigenvalue weighted by atomic mass is 35.5. The molecular formula is C14H16ClF2N3. The van der Waals surface area contributed by atoms with Gasteiger partial charge in [-0.05, 0) is 31.5 Å². The summed E-state index contributed by atoms with van der Waals surface area (Å²) in [6.45, 7) is 4.88. The van der Waals surface area contributed by atoms with E-state index in [2.05, 4.69) is 10.4 Å². The topological polar surface area (TPSA) is 29.9 Å². The number of benzene rings is 1. The predicted octanol–water partition coefficient (Wildman–Crippen LogP) is 4.01. The molecule has 6 heteroatoms. The van der Waals surface area contributed by atoms with Gasteiger partial charge in [0.15, 0.2) is 0 Å². The summed E-state index contributed by atoms with van der Waals surface area (Å²) < 4.78 is 28.4. The number of anilines is 1. The molecule has 0 aliphatic carbocycles. The Morgan fingerprint density at radius 2 is 2.05 bits per heavy atom. The molecule has 1 aromatic heterocycles. The summed E-state index contributed by atoms with van der Waals surface area (Å²) in [7, 11) is 0. The Morgan fingerprint density at radius 1 is 1.30 bits per heavy atom. The quantitative estimate of drug-likeness (QED) is 0.904. The number of nitrogens with one attached hydrogen (secondary N) is 1. The Bertz CT molecular complexity index is 611. The lowest BCUT2D eigenvalue weighted by Crippen LogP contribution is -2.09. The summed E-state index contributed by atoms with van der Waals surface area (Å²) >= 11 is 6.25. The van der Waals surface area contributed by atoms with Gasteiger partial charge in [0.05, 0.1) is 28.6 Å². The lowest BCUT2D eigenvalue weighted by atomic mass is 10.2. The molecule has 0 saturated heterocycles. The molecule has 0 radical (unpaired) electrons. The number of halogens is 3. The first-order chi connectivity index (χ1) is 9.56. The van der Waals surface area contributed by atoms with E-state index in [0.29, 0.717) is 18.1 Å². The lowest BCUT2D eigenvalue weighted by Gasteiger charge is -2.09. The summed E-state index contributed by atoms with van der Waals surface area (Å²) in [5.41, 5.74) is 1.70. The minimum atomic E-state index is -0.499. The normalized spacial score (nSPS) is 10.8. The van der Waals surface area contributed by atoms with Crippen molar-refractivity contribution in [1.82, 2.24) is 9.78 Å². The van der Waals surface area contributed by atoms with E-state index in [4.69, 9.17) is 11.6 Å². The van der Waals surface area contributed by atoms with Crippen molar-refractivity contribution in [3.63, 3.8) is 0 Å². The Hall–Kier alpha value is -1.62. The molecule has 0 amide bonds. The first kappa shape index (κ1) is 14.8. The van der Waals surface area contributed by atoms with Gasteiger partial charge in [0, 0.05) is 6.54 Å². The van der Waals surface area contributed by atoms with Gasteiger partial charge >= 0.3 is 0 Å². The number of rotatable bonds is 5. The molecule has 0 aliphatic rings. The molecule has 0 saturated carbocycles. The van der Waals surface area contributed by atoms with Crippen LogP contribution in [0.2, 0.25) is 5.02 Å². The SMILES string of the molecule is CCc1nn(CC)c(CNc2cc(F)ccc2F)c1Cl. The van der Waals surface area contributed by atoms with E-state index in [0.717, 1.165) is 36.0 Å². The Labute approximate surface area is 121 Å². The van der Waals surface area contributed by atoms with Crippen molar-refractivity contribution >= 4 is 17.3 Å². The monoisotopic (exact) mass is 299 g/mol. The maximum Gasteiger partial charge on any atom is 0.146 e. The van der Waals surface area contributed by atoms with Crippen molar-refractivity contribution in [3.8, 4) is 0 Å². The van der Waals surface area contributed by atoms with E-state index >= 15 is 0 Å². The zero-order valence-electron chi connectivity index (χ0n) is 11.4. The van der Waals surface area contributed by atoms with Crippen LogP contribution in [-0.2, 0) is 19.5 Å². The highest BCUT2D eigenvalue weighted by Gasteiger charge is 2.14. The number of aryl methyl sites for hydroxylation is 2. The van der Waals surface area contributed by atoms with Crippen LogP contribution >= 0.6 is 11.6 Å². The summed E-state index contributed by atoms with van der Waals surface area (Å²) in [4.78, 5) is 0. The first-order valence-corrected chi connectivity index (χ1v) is 6.87. The van der Waals surface area contributed by atoms with Crippen molar-refractivity contribution in [2.45, 2.75) is 33.4 Å². The molecule has 0 spiro atoms. The van der Waals surface area contributed by atoms with Gasteiger partial charge in [-0.25, -0.2) is 8.78 Å². The lowest BCUT2D eigenvalue weighted by molar-refractivity contribution is 0.599. The predicted molar refractivity (Wildman–Crippen MR) is 76.0 cm³/mol. The van der Waals surface area contributed by atoms with Gasteiger partial charge in [-0.1, -0.05) is 18.5 Å². The van der Waals surface area contributed by atoms with Gasteiger partial charge in [-0.15, -0.1) is 0 Å². The summed E-state index contributed by atoms with van der Waals surface area (Å²) in [5, 5.41) is 7.82. The third-order valence-electron chi connectivity index (χ3n) is 3.07. The minimum Gasteiger partial charge on any atom is -0.377 e. The second-order valence-corrected chi connectivity index (χ2v) is 4.73. The van der Waals surface area contributed by atoms with Gasteiger partial charge in [0.25, 0.3) is 0 Å². The van der Waals surface area contributed by atoms with Crippen molar-refractivity contribution in [2.75, 3.05) is 5.32 Å². The fourth-order valence-corrected chi connectivity index (χ4v) is 2.33. The maximum absolute atomic E-state index is 13.5. The van der Waals surface area contributed by atoms with Crippen molar-refractivity contribution < 1.29 is 8.78 Å². The first-order valence-electron chi connectivity index (χ1n) is 6.49. The van der Waals surface area contributed by atoms with E-state index in [1.165, 1.54) is 0 Å². The molecular weight excluding hydrogens is 284 g/mol. The Balaban J connectivity index is 2.22. The van der Waals surface area contributed by atoms with Crippen LogP contribution in [0.4, 0.5) is 14.5 Å². The molecule has 0 atom stereocenters. The van der Waals surface area contributed by atoms with Crippen LogP contribution in [-0.4, -0.2) is 9.78 Å². The molecule has 1 aromatic carbocycles. The molecule has 2 aromatic rings. The van der Waals surface area contributed by atoms with E-state index in [-0.39, 0.29) is 5.69 Å². The third kappa shape index (κ3) is 2.93. The van der Waals surface area contributed by atoms with Crippen molar-refractivity contribution in [3.05, 3.63) is 46.2 Å². The molecule has 108 valence electrons. The van der Waals surface area contributed by atoms with Crippen LogP contribution in [0.5, 0.6) is 0 Å². The Kier molecular flexibility index (Phi) is 4.60. The zero-order chi connectivity index (χ0) is 14.7. The van der Waals surface area contributed by atoms with Crippen LogP contribution < -0.4 is 5.32 Å². The summed E-state index contributed by atoms with van der Waals surface area (Å²) in [5.74, 6) is -0.987. The third-order valence-corrected chi connectivity index (χ3v) is 3.51. The average molecular weight is 300 g/mol. The molecule has 3 nitrogen and oxygen atoms in total. The Morgan fingerprint density at radius 3 is 2.70 bits per heavy atom. The fraction of sp³-hybridized carbons (Fsp3) is 0.357. The van der Waals surface area contributed by atoms with Gasteiger partial charge in [0.2, 0.25) is 0 Å². The van der Waals surface area contributed by atoms with Gasteiger partial charge < -0.3 is 5.32 Å². The van der Waals surface area contributed by atoms with Crippen LogP contribution in [0.3, 0.4) is 0 Å². The maximum atomic E-state index is 13.5. The molecule has 0 unspecified atom stereocenters. The van der Waals surface area contributed by atoms with E-state index in [1.807, 2.05) is 13.8 Å². The van der Waals surface area contributed by atoms with Crippen molar-refractivity contribution in [2.24, 2.45) is 0 Å². The average Bonchev–Trinajstić information content (AvgIpc) is 2.75. The standard InChI is InChI=1S/C14H16ClF2N3/c1-3-11-14(15)13(20(4-2)19-11)8-18-12-7-9(16)5-6-10(12)17/h5-7,18H,3-4,8H2,1-2H3.